The van der Waals surface area contributed by atoms with Gasteiger partial charge in [-0.25, -0.2) is 0 Å². The molecule has 0 aromatic rings. The molecule has 1 rings (SSSR count). The van der Waals surface area contributed by atoms with Gasteiger partial charge in [0.2, 0.25) is 0 Å². The van der Waals surface area contributed by atoms with E-state index in [-0.39, 0.29) is 5.54 Å². The molecule has 0 aliphatic carbocycles. The van der Waals surface area contributed by atoms with Gasteiger partial charge in [0.15, 0.2) is 0 Å². The van der Waals surface area contributed by atoms with Crippen molar-refractivity contribution < 1.29 is 0 Å². The van der Waals surface area contributed by atoms with Crippen LogP contribution in [0.25, 0.3) is 0 Å². The Morgan fingerprint density at radius 1 is 1.24 bits per heavy atom. The van der Waals surface area contributed by atoms with Crippen LogP contribution in [0, 0.1) is 0 Å². The maximum absolute atomic E-state index is 3.59. The topological polar surface area (TPSA) is 18.5 Å². The third-order valence-corrected chi connectivity index (χ3v) is 3.55. The summed E-state index contributed by atoms with van der Waals surface area (Å²) in [6.45, 7) is 15.0. The number of nitrogens with zero attached hydrogens (tertiary/aromatic N) is 2. The monoisotopic (exact) mass is 241 g/mol. The van der Waals surface area contributed by atoms with Crippen molar-refractivity contribution in [1.29, 1.82) is 0 Å². The van der Waals surface area contributed by atoms with E-state index in [1.807, 2.05) is 0 Å². The fourth-order valence-electron chi connectivity index (χ4n) is 2.55. The van der Waals surface area contributed by atoms with Crippen molar-refractivity contribution in [2.75, 3.05) is 39.8 Å². The molecule has 0 bridgehead atoms. The minimum atomic E-state index is 0.240. The minimum Gasteiger partial charge on any atom is -0.311 e. The highest BCUT2D eigenvalue weighted by atomic mass is 15.2. The van der Waals surface area contributed by atoms with Gasteiger partial charge in [-0.2, -0.15) is 0 Å². The summed E-state index contributed by atoms with van der Waals surface area (Å²) in [7, 11) is 2.25. The lowest BCUT2D eigenvalue weighted by Gasteiger charge is -2.31. The van der Waals surface area contributed by atoms with Crippen molar-refractivity contribution >= 4 is 0 Å². The van der Waals surface area contributed by atoms with Gasteiger partial charge >= 0.3 is 0 Å². The Morgan fingerprint density at radius 3 is 2.53 bits per heavy atom. The zero-order chi connectivity index (χ0) is 12.9. The summed E-state index contributed by atoms with van der Waals surface area (Å²) in [5, 5.41) is 3.59. The molecule has 3 nitrogen and oxygen atoms in total. The fourth-order valence-corrected chi connectivity index (χ4v) is 2.55. The number of nitrogens with one attached hydrogen (secondary N) is 1. The van der Waals surface area contributed by atoms with E-state index in [1.165, 1.54) is 39.0 Å². The van der Waals surface area contributed by atoms with Crippen molar-refractivity contribution in [2.24, 2.45) is 0 Å². The molecule has 3 heteroatoms. The highest BCUT2D eigenvalue weighted by Gasteiger charge is 2.21. The molecular weight excluding hydrogens is 210 g/mol. The highest BCUT2D eigenvalue weighted by Crippen LogP contribution is 2.11. The van der Waals surface area contributed by atoms with Crippen LogP contribution >= 0.6 is 0 Å². The van der Waals surface area contributed by atoms with Crippen molar-refractivity contribution in [2.45, 2.75) is 52.1 Å². The van der Waals surface area contributed by atoms with Gasteiger partial charge in [-0.05, 0) is 53.8 Å². The van der Waals surface area contributed by atoms with Gasteiger partial charge in [0.1, 0.15) is 0 Å². The predicted octanol–water partition coefficient (Wildman–Crippen LogP) is 1.79. The number of rotatable bonds is 4. The van der Waals surface area contributed by atoms with Gasteiger partial charge in [0.25, 0.3) is 0 Å². The van der Waals surface area contributed by atoms with E-state index in [1.54, 1.807) is 0 Å². The molecule has 1 saturated heterocycles. The Bertz CT molecular complexity index is 210. The average molecular weight is 241 g/mol. The van der Waals surface area contributed by atoms with Crippen LogP contribution < -0.4 is 5.32 Å². The zero-order valence-corrected chi connectivity index (χ0v) is 12.4. The maximum atomic E-state index is 3.59. The highest BCUT2D eigenvalue weighted by molar-refractivity contribution is 4.79. The normalized spacial score (nSPS) is 24.9. The fraction of sp³-hybridized carbons (Fsp3) is 1.00. The van der Waals surface area contributed by atoms with Crippen molar-refractivity contribution in [1.82, 2.24) is 15.1 Å². The third kappa shape index (κ3) is 5.84. The first-order chi connectivity index (χ1) is 7.92. The SMILES string of the molecule is CCC1CN(C)CCCN1CCNC(C)(C)C. The second-order valence-electron chi connectivity index (χ2n) is 6.39. The van der Waals surface area contributed by atoms with Gasteiger partial charge in [0, 0.05) is 31.2 Å². The Hall–Kier alpha value is -0.120. The van der Waals surface area contributed by atoms with Crippen LogP contribution in [0.4, 0.5) is 0 Å². The quantitative estimate of drug-likeness (QED) is 0.809. The van der Waals surface area contributed by atoms with Crippen LogP contribution in [0.3, 0.4) is 0 Å². The Kier molecular flexibility index (Phi) is 5.90. The maximum Gasteiger partial charge on any atom is 0.0220 e. The number of hydrogen-bond donors (Lipinski definition) is 1. The molecule has 0 saturated carbocycles. The van der Waals surface area contributed by atoms with E-state index in [0.717, 1.165) is 12.6 Å². The van der Waals surface area contributed by atoms with E-state index in [4.69, 9.17) is 0 Å². The molecule has 0 amide bonds. The lowest BCUT2D eigenvalue weighted by molar-refractivity contribution is 0.179. The summed E-state index contributed by atoms with van der Waals surface area (Å²) in [4.78, 5) is 5.15. The summed E-state index contributed by atoms with van der Waals surface area (Å²) in [6, 6.07) is 0.740. The van der Waals surface area contributed by atoms with Crippen molar-refractivity contribution in [3.8, 4) is 0 Å². The molecule has 0 radical (unpaired) electrons. The van der Waals surface area contributed by atoms with Gasteiger partial charge < -0.3 is 10.2 Å². The zero-order valence-electron chi connectivity index (χ0n) is 12.4. The molecule has 1 fully saturated rings. The number of likely N-dealkylation sites (N-methyl/N-ethyl adjacent to an activating group) is 1. The Balaban J connectivity index is 2.38. The Morgan fingerprint density at radius 2 is 1.94 bits per heavy atom. The Labute approximate surface area is 108 Å². The van der Waals surface area contributed by atoms with Crippen LogP contribution in [0.15, 0.2) is 0 Å². The summed E-state index contributed by atoms with van der Waals surface area (Å²) in [6.07, 6.45) is 2.57. The van der Waals surface area contributed by atoms with Gasteiger partial charge in [-0.3, -0.25) is 4.90 Å². The van der Waals surface area contributed by atoms with Crippen LogP contribution in [-0.4, -0.2) is 61.2 Å². The molecule has 1 heterocycles. The van der Waals surface area contributed by atoms with Crippen LogP contribution in [0.2, 0.25) is 0 Å². The van der Waals surface area contributed by atoms with Gasteiger partial charge in [0.05, 0.1) is 0 Å². The molecule has 1 aliphatic rings. The van der Waals surface area contributed by atoms with Gasteiger partial charge in [-0.1, -0.05) is 6.92 Å². The molecule has 1 aliphatic heterocycles. The summed E-state index contributed by atoms with van der Waals surface area (Å²) >= 11 is 0. The average Bonchev–Trinajstić information content (AvgIpc) is 2.38. The lowest BCUT2D eigenvalue weighted by atomic mass is 10.1. The van der Waals surface area contributed by atoms with E-state index >= 15 is 0 Å². The first kappa shape index (κ1) is 14.9. The minimum absolute atomic E-state index is 0.240. The second kappa shape index (κ2) is 6.72. The molecule has 17 heavy (non-hydrogen) atoms. The van der Waals surface area contributed by atoms with E-state index in [9.17, 15) is 0 Å². The van der Waals surface area contributed by atoms with Gasteiger partial charge in [-0.15, -0.1) is 0 Å². The molecule has 1 atom stereocenters. The standard InChI is InChI=1S/C14H31N3/c1-6-13-12-16(5)9-7-10-17(13)11-8-15-14(2,3)4/h13,15H,6-12H2,1-5H3. The smallest absolute Gasteiger partial charge is 0.0220 e. The summed E-state index contributed by atoms with van der Waals surface area (Å²) < 4.78 is 0. The van der Waals surface area contributed by atoms with Crippen molar-refractivity contribution in [3.05, 3.63) is 0 Å². The van der Waals surface area contributed by atoms with E-state index in [0.29, 0.717) is 0 Å². The first-order valence-electron chi connectivity index (χ1n) is 7.10. The number of hydrogen-bond acceptors (Lipinski definition) is 3. The molecule has 0 aromatic carbocycles. The largest absolute Gasteiger partial charge is 0.311 e. The van der Waals surface area contributed by atoms with E-state index in [2.05, 4.69) is 49.9 Å². The van der Waals surface area contributed by atoms with Crippen LogP contribution in [-0.2, 0) is 0 Å². The van der Waals surface area contributed by atoms with E-state index < -0.39 is 0 Å². The molecule has 0 aromatic heterocycles. The molecular formula is C14H31N3. The summed E-state index contributed by atoms with van der Waals surface area (Å²) in [5.41, 5.74) is 0.240. The second-order valence-corrected chi connectivity index (χ2v) is 6.39. The van der Waals surface area contributed by atoms with Crippen LogP contribution in [0.1, 0.15) is 40.5 Å². The molecule has 1 unspecified atom stereocenters. The van der Waals surface area contributed by atoms with Crippen molar-refractivity contribution in [3.63, 3.8) is 0 Å². The summed E-state index contributed by atoms with van der Waals surface area (Å²) in [5.74, 6) is 0. The third-order valence-electron chi connectivity index (χ3n) is 3.55. The molecule has 0 spiro atoms. The lowest BCUT2D eigenvalue weighted by Crippen LogP contribution is -2.46. The predicted molar refractivity (Wildman–Crippen MR) is 75.5 cm³/mol. The van der Waals surface area contributed by atoms with Crippen LogP contribution in [0.5, 0.6) is 0 Å². The molecule has 102 valence electrons. The molecule has 1 N–H and O–H groups in total. The first-order valence-corrected chi connectivity index (χ1v) is 7.10.